The normalized spacial score (nSPS) is 13.9. The second kappa shape index (κ2) is 24.7. The third-order valence-electron chi connectivity index (χ3n) is 16.2. The summed E-state index contributed by atoms with van der Waals surface area (Å²) in [5.74, 6) is 0. The molecule has 0 aliphatic heterocycles. The van der Waals surface area contributed by atoms with Crippen molar-refractivity contribution in [3.8, 4) is 55.6 Å². The molecule has 2 nitrogen and oxygen atoms in total. The van der Waals surface area contributed by atoms with Crippen molar-refractivity contribution in [2.75, 3.05) is 13.2 Å². The van der Waals surface area contributed by atoms with Gasteiger partial charge in [0.25, 0.3) is 0 Å². The first-order chi connectivity index (χ1) is 33.6. The molecule has 358 valence electrons. The quantitative estimate of drug-likeness (QED) is 0.0461. The van der Waals surface area contributed by atoms with E-state index in [2.05, 4.69) is 147 Å². The molecule has 0 saturated carbocycles. The van der Waals surface area contributed by atoms with Crippen molar-refractivity contribution >= 4 is 0 Å². The van der Waals surface area contributed by atoms with Crippen molar-refractivity contribution in [1.82, 2.24) is 0 Å². The zero-order valence-electron chi connectivity index (χ0n) is 42.0. The van der Waals surface area contributed by atoms with Crippen molar-refractivity contribution in [1.29, 1.82) is 0 Å². The van der Waals surface area contributed by atoms with Crippen LogP contribution in [0, 0.1) is 0 Å². The van der Waals surface area contributed by atoms with Crippen LogP contribution >= 0.6 is 0 Å². The van der Waals surface area contributed by atoms with Gasteiger partial charge in [-0.25, -0.2) is 0 Å². The van der Waals surface area contributed by atoms with Gasteiger partial charge >= 0.3 is 0 Å². The second-order valence-electron chi connectivity index (χ2n) is 20.7. The molecule has 0 heterocycles. The Kier molecular flexibility index (Phi) is 18.0. The van der Waals surface area contributed by atoms with Gasteiger partial charge in [0, 0.05) is 24.0 Å². The molecule has 0 bridgehead atoms. The van der Waals surface area contributed by atoms with Crippen LogP contribution in [0.4, 0.5) is 0 Å². The minimum Gasteiger partial charge on any atom is -0.396 e. The molecule has 2 N–H and O–H groups in total. The van der Waals surface area contributed by atoms with E-state index in [1.165, 1.54) is 157 Å². The molecule has 0 fully saturated rings. The van der Waals surface area contributed by atoms with Gasteiger partial charge < -0.3 is 10.2 Å². The van der Waals surface area contributed by atoms with E-state index in [4.69, 9.17) is 0 Å². The van der Waals surface area contributed by atoms with E-state index >= 15 is 0 Å². The van der Waals surface area contributed by atoms with E-state index in [0.29, 0.717) is 0 Å². The van der Waals surface area contributed by atoms with Crippen LogP contribution < -0.4 is 0 Å². The van der Waals surface area contributed by atoms with E-state index in [9.17, 15) is 10.2 Å². The van der Waals surface area contributed by atoms with E-state index in [-0.39, 0.29) is 24.0 Å². The molecule has 8 rings (SSSR count). The summed E-state index contributed by atoms with van der Waals surface area (Å²) in [6.45, 7) is 5.19. The Labute approximate surface area is 411 Å². The number of hydrogen-bond donors (Lipinski definition) is 2. The van der Waals surface area contributed by atoms with Crippen LogP contribution in [0.5, 0.6) is 0 Å². The summed E-state index contributed by atoms with van der Waals surface area (Å²) >= 11 is 0. The van der Waals surface area contributed by atoms with Crippen LogP contribution in [0.3, 0.4) is 0 Å². The summed E-state index contributed by atoms with van der Waals surface area (Å²) in [4.78, 5) is 0. The SMILES string of the molecule is CCCCCCCCC1(CCCCCCCC)c2cc(-c3ccccc3)ccc2-c2ccc(-c3ccc4c(c3)C(CCCCCCO)(CCCCCCO)c3cc(-c5ccccc5)ccc3-4)cc21. The highest BCUT2D eigenvalue weighted by Gasteiger charge is 2.44. The van der Waals surface area contributed by atoms with Gasteiger partial charge in [0.1, 0.15) is 0 Å². The highest BCUT2D eigenvalue weighted by atomic mass is 16.3. The fraction of sp³-hybridized carbons (Fsp3) is 0.455. The van der Waals surface area contributed by atoms with Gasteiger partial charge in [0.15, 0.2) is 0 Å². The van der Waals surface area contributed by atoms with E-state index in [0.717, 1.165) is 64.2 Å². The molecule has 0 amide bonds. The molecule has 0 unspecified atom stereocenters. The number of hydrogen-bond acceptors (Lipinski definition) is 2. The first-order valence-electron chi connectivity index (χ1n) is 27.5. The molecule has 6 aromatic carbocycles. The van der Waals surface area contributed by atoms with Crippen molar-refractivity contribution in [2.45, 2.75) is 179 Å². The molecule has 0 spiro atoms. The van der Waals surface area contributed by atoms with E-state index in [1.54, 1.807) is 11.1 Å². The molecule has 2 heteroatoms. The first kappa shape index (κ1) is 49.7. The van der Waals surface area contributed by atoms with Crippen LogP contribution in [0.2, 0.25) is 0 Å². The Morgan fingerprint density at radius 3 is 0.838 bits per heavy atom. The van der Waals surface area contributed by atoms with Gasteiger partial charge in [-0.05, 0) is 141 Å². The summed E-state index contributed by atoms with van der Waals surface area (Å²) in [5.41, 5.74) is 19.6. The van der Waals surface area contributed by atoms with Crippen LogP contribution in [-0.2, 0) is 10.8 Å². The molecule has 0 radical (unpaired) electrons. The van der Waals surface area contributed by atoms with Gasteiger partial charge in [-0.1, -0.05) is 239 Å². The molecule has 0 saturated heterocycles. The van der Waals surface area contributed by atoms with Gasteiger partial charge in [-0.15, -0.1) is 0 Å². The average Bonchev–Trinajstić information content (AvgIpc) is 3.81. The highest BCUT2D eigenvalue weighted by molar-refractivity contribution is 5.89. The second-order valence-corrected chi connectivity index (χ2v) is 20.7. The Hall–Kier alpha value is -4.76. The van der Waals surface area contributed by atoms with Crippen molar-refractivity contribution in [2.24, 2.45) is 0 Å². The summed E-state index contributed by atoms with van der Waals surface area (Å²) < 4.78 is 0. The van der Waals surface area contributed by atoms with Crippen LogP contribution in [0.15, 0.2) is 133 Å². The molecule has 0 atom stereocenters. The number of unbranched alkanes of at least 4 members (excludes halogenated alkanes) is 16. The maximum absolute atomic E-state index is 9.70. The van der Waals surface area contributed by atoms with Gasteiger partial charge in [0.05, 0.1) is 0 Å². The Bertz CT molecular complexity index is 2450. The monoisotopic (exact) mass is 907 g/mol. The fourth-order valence-electron chi connectivity index (χ4n) is 12.5. The average molecular weight is 907 g/mol. The number of fused-ring (bicyclic) bond motifs is 6. The lowest BCUT2D eigenvalue weighted by Crippen LogP contribution is -2.26. The summed E-state index contributed by atoms with van der Waals surface area (Å²) in [7, 11) is 0. The smallest absolute Gasteiger partial charge is 0.0431 e. The van der Waals surface area contributed by atoms with Crippen LogP contribution in [0.1, 0.15) is 190 Å². The predicted molar refractivity (Wildman–Crippen MR) is 292 cm³/mol. The molecule has 6 aromatic rings. The molecule has 2 aliphatic carbocycles. The topological polar surface area (TPSA) is 40.5 Å². The Morgan fingerprint density at radius 1 is 0.279 bits per heavy atom. The van der Waals surface area contributed by atoms with Crippen LogP contribution in [-0.4, -0.2) is 23.4 Å². The van der Waals surface area contributed by atoms with Crippen LogP contribution in [0.25, 0.3) is 55.6 Å². The number of rotatable bonds is 29. The fourth-order valence-corrected chi connectivity index (χ4v) is 12.5. The van der Waals surface area contributed by atoms with Gasteiger partial charge in [-0.3, -0.25) is 0 Å². The van der Waals surface area contributed by atoms with Crippen molar-refractivity contribution < 1.29 is 10.2 Å². The van der Waals surface area contributed by atoms with Crippen molar-refractivity contribution in [3.05, 3.63) is 156 Å². The standard InChI is InChI=1S/C66H82O2/c1-3-5-7-9-11-23-41-65(42-24-12-10-8-6-4-2)61-47-53(51-29-19-17-20-30-51)33-37-57(61)59-39-35-55(49-63(59)65)56-36-40-60-58-38-34-54(52-31-21-18-22-32-52)48-62(58)66(64(60)50-56,43-25-13-15-27-45-67)44-26-14-16-28-46-68/h17-22,29-40,47-50,67-68H,3-16,23-28,41-46H2,1-2H3. The lowest BCUT2D eigenvalue weighted by molar-refractivity contribution is 0.279. The summed E-state index contributed by atoms with van der Waals surface area (Å²) in [6, 6.07) is 51.9. The zero-order chi connectivity index (χ0) is 47.0. The minimum absolute atomic E-state index is 0.0192. The zero-order valence-corrected chi connectivity index (χ0v) is 42.0. The maximum atomic E-state index is 9.70. The molecule has 68 heavy (non-hydrogen) atoms. The summed E-state index contributed by atoms with van der Waals surface area (Å²) in [5, 5.41) is 19.4. The lowest BCUT2D eigenvalue weighted by Gasteiger charge is -2.34. The number of aliphatic hydroxyl groups excluding tert-OH is 2. The minimum atomic E-state index is -0.107. The molecular formula is C66H82O2. The largest absolute Gasteiger partial charge is 0.396 e. The van der Waals surface area contributed by atoms with Crippen molar-refractivity contribution in [3.63, 3.8) is 0 Å². The highest BCUT2D eigenvalue weighted by Crippen LogP contribution is 2.58. The maximum Gasteiger partial charge on any atom is 0.0431 e. The Morgan fingerprint density at radius 2 is 0.544 bits per heavy atom. The number of benzene rings is 6. The van der Waals surface area contributed by atoms with E-state index in [1.807, 2.05) is 0 Å². The van der Waals surface area contributed by atoms with Gasteiger partial charge in [0.2, 0.25) is 0 Å². The number of aliphatic hydroxyl groups is 2. The predicted octanol–water partition coefficient (Wildman–Crippen LogP) is 18.6. The third kappa shape index (κ3) is 11.1. The molecule has 2 aliphatic rings. The van der Waals surface area contributed by atoms with E-state index < -0.39 is 0 Å². The molecular weight excluding hydrogens is 825 g/mol. The first-order valence-corrected chi connectivity index (χ1v) is 27.5. The summed E-state index contributed by atoms with van der Waals surface area (Å²) in [6.07, 6.45) is 28.8. The van der Waals surface area contributed by atoms with Gasteiger partial charge in [-0.2, -0.15) is 0 Å². The molecule has 0 aromatic heterocycles. The Balaban J connectivity index is 1.23. The lowest BCUT2D eigenvalue weighted by atomic mass is 9.69. The third-order valence-corrected chi connectivity index (χ3v) is 16.2.